The number of halogens is 3. The van der Waals surface area contributed by atoms with Gasteiger partial charge in [-0.15, -0.1) is 0 Å². The topological polar surface area (TPSA) is 17.1 Å². The first kappa shape index (κ1) is 15.8. The van der Waals surface area contributed by atoms with E-state index in [2.05, 4.69) is 0 Å². The summed E-state index contributed by atoms with van der Waals surface area (Å²) in [6, 6.07) is 12.6. The molecule has 0 saturated heterocycles. The highest BCUT2D eigenvalue weighted by Gasteiger charge is 2.30. The van der Waals surface area contributed by atoms with E-state index in [9.17, 15) is 17.4 Å². The quantitative estimate of drug-likeness (QED) is 0.814. The fourth-order valence-electron chi connectivity index (χ4n) is 2.06. The monoisotopic (exact) mass is 312 g/mol. The van der Waals surface area contributed by atoms with Crippen molar-refractivity contribution in [2.45, 2.75) is 24.6 Å². The Balaban J connectivity index is 2.06. The van der Waals surface area contributed by atoms with Crippen molar-refractivity contribution in [1.29, 1.82) is 0 Å². The number of benzene rings is 2. The zero-order chi connectivity index (χ0) is 15.5. The third-order valence-electron chi connectivity index (χ3n) is 2.99. The molecule has 0 radical (unpaired) electrons. The van der Waals surface area contributed by atoms with Gasteiger partial charge in [-0.1, -0.05) is 48.0 Å². The predicted octanol–water partition coefficient (Wildman–Crippen LogP) is 4.46. The molecule has 1 unspecified atom stereocenters. The minimum Gasteiger partial charge on any atom is -0.259 e. The van der Waals surface area contributed by atoms with Crippen molar-refractivity contribution in [2.75, 3.05) is 0 Å². The number of alkyl halides is 3. The van der Waals surface area contributed by atoms with Crippen molar-refractivity contribution in [1.82, 2.24) is 0 Å². The first-order valence-electron chi connectivity index (χ1n) is 6.41. The highest BCUT2D eigenvalue weighted by atomic mass is 32.2. The molecule has 1 nitrogen and oxygen atoms in total. The van der Waals surface area contributed by atoms with Crippen molar-refractivity contribution in [3.05, 3.63) is 70.8 Å². The second kappa shape index (κ2) is 6.43. The molecular weight excluding hydrogens is 297 g/mol. The minimum absolute atomic E-state index is 0.123. The normalized spacial score (nSPS) is 13.1. The molecule has 112 valence electrons. The Hall–Kier alpha value is -1.62. The van der Waals surface area contributed by atoms with Crippen molar-refractivity contribution >= 4 is 10.8 Å². The second-order valence-corrected chi connectivity index (χ2v) is 6.37. The molecule has 1 atom stereocenters. The highest BCUT2D eigenvalue weighted by molar-refractivity contribution is 7.83. The number of hydrogen-bond donors (Lipinski definition) is 0. The Kier molecular flexibility index (Phi) is 4.83. The summed E-state index contributed by atoms with van der Waals surface area (Å²) in [6.45, 7) is 1.94. The lowest BCUT2D eigenvalue weighted by atomic mass is 10.1. The summed E-state index contributed by atoms with van der Waals surface area (Å²) in [5, 5.41) is 0. The molecule has 0 amide bonds. The van der Waals surface area contributed by atoms with Gasteiger partial charge in [0.2, 0.25) is 0 Å². The third-order valence-corrected chi connectivity index (χ3v) is 4.30. The van der Waals surface area contributed by atoms with Gasteiger partial charge in [0.1, 0.15) is 0 Å². The molecule has 0 saturated carbocycles. The van der Waals surface area contributed by atoms with E-state index in [0.717, 1.165) is 23.3 Å². The fourth-order valence-corrected chi connectivity index (χ4v) is 3.27. The zero-order valence-electron chi connectivity index (χ0n) is 11.5. The van der Waals surface area contributed by atoms with Crippen LogP contribution in [0.4, 0.5) is 13.2 Å². The van der Waals surface area contributed by atoms with E-state index in [0.29, 0.717) is 11.3 Å². The van der Waals surface area contributed by atoms with Gasteiger partial charge in [0.15, 0.2) is 0 Å². The molecular formula is C16H15F3OS. The van der Waals surface area contributed by atoms with Gasteiger partial charge < -0.3 is 0 Å². The van der Waals surface area contributed by atoms with Gasteiger partial charge in [-0.2, -0.15) is 13.2 Å². The molecule has 21 heavy (non-hydrogen) atoms. The summed E-state index contributed by atoms with van der Waals surface area (Å²) in [7, 11) is -1.23. The first-order valence-corrected chi connectivity index (χ1v) is 7.90. The Morgan fingerprint density at radius 1 is 0.952 bits per heavy atom. The van der Waals surface area contributed by atoms with Crippen LogP contribution in [0, 0.1) is 6.92 Å². The summed E-state index contributed by atoms with van der Waals surface area (Å²) in [5.74, 6) is 0.468. The summed E-state index contributed by atoms with van der Waals surface area (Å²) < 4.78 is 49.9. The Labute approximate surface area is 124 Å². The Bertz CT molecular complexity index is 650. The van der Waals surface area contributed by atoms with E-state index < -0.39 is 22.5 Å². The van der Waals surface area contributed by atoms with Crippen LogP contribution >= 0.6 is 0 Å². The Morgan fingerprint density at radius 3 is 2.10 bits per heavy atom. The van der Waals surface area contributed by atoms with Crippen molar-refractivity contribution in [3.63, 3.8) is 0 Å². The van der Waals surface area contributed by atoms with Crippen LogP contribution < -0.4 is 0 Å². The summed E-state index contributed by atoms with van der Waals surface area (Å²) >= 11 is 0. The summed E-state index contributed by atoms with van der Waals surface area (Å²) in [4.78, 5) is 0. The van der Waals surface area contributed by atoms with Crippen LogP contribution in [-0.2, 0) is 28.5 Å². The van der Waals surface area contributed by atoms with E-state index in [1.165, 1.54) is 6.07 Å². The van der Waals surface area contributed by atoms with Crippen molar-refractivity contribution in [3.8, 4) is 0 Å². The molecule has 0 N–H and O–H groups in total. The second-order valence-electron chi connectivity index (χ2n) is 4.92. The largest absolute Gasteiger partial charge is 0.416 e. The maximum Gasteiger partial charge on any atom is 0.416 e. The van der Waals surface area contributed by atoms with Gasteiger partial charge in [-0.3, -0.25) is 4.21 Å². The van der Waals surface area contributed by atoms with Gasteiger partial charge in [0.25, 0.3) is 0 Å². The summed E-state index contributed by atoms with van der Waals surface area (Å²) in [5.41, 5.74) is 1.74. The molecule has 2 aromatic rings. The first-order chi connectivity index (χ1) is 9.84. The fraction of sp³-hybridized carbons (Fsp3) is 0.250. The van der Waals surface area contributed by atoms with Crippen LogP contribution in [0.25, 0.3) is 0 Å². The van der Waals surface area contributed by atoms with Crippen LogP contribution in [0.5, 0.6) is 0 Å². The third kappa shape index (κ3) is 4.70. The maximum absolute atomic E-state index is 12.6. The van der Waals surface area contributed by atoms with E-state index in [-0.39, 0.29) is 5.75 Å². The molecule has 0 spiro atoms. The van der Waals surface area contributed by atoms with E-state index >= 15 is 0 Å². The minimum atomic E-state index is -4.37. The van der Waals surface area contributed by atoms with Gasteiger partial charge >= 0.3 is 6.18 Å². The molecule has 0 aliphatic carbocycles. The van der Waals surface area contributed by atoms with Gasteiger partial charge in [-0.25, -0.2) is 0 Å². The molecule has 2 aromatic carbocycles. The SMILES string of the molecule is Cc1cccc(CS(=O)Cc2cccc(C(F)(F)F)c2)c1. The number of hydrogen-bond acceptors (Lipinski definition) is 1. The molecule has 2 rings (SSSR count). The predicted molar refractivity (Wildman–Crippen MR) is 78.2 cm³/mol. The maximum atomic E-state index is 12.6. The molecule has 5 heteroatoms. The molecule has 0 aromatic heterocycles. The van der Waals surface area contributed by atoms with Crippen LogP contribution in [0.15, 0.2) is 48.5 Å². The van der Waals surface area contributed by atoms with Crippen LogP contribution in [0.3, 0.4) is 0 Å². The summed E-state index contributed by atoms with van der Waals surface area (Å²) in [6.07, 6.45) is -4.37. The van der Waals surface area contributed by atoms with E-state index in [1.54, 1.807) is 6.07 Å². The van der Waals surface area contributed by atoms with Crippen LogP contribution in [0.2, 0.25) is 0 Å². The lowest BCUT2D eigenvalue weighted by molar-refractivity contribution is -0.137. The number of aryl methyl sites for hydroxylation is 1. The van der Waals surface area contributed by atoms with E-state index in [4.69, 9.17) is 0 Å². The van der Waals surface area contributed by atoms with Gasteiger partial charge in [0.05, 0.1) is 5.56 Å². The lowest BCUT2D eigenvalue weighted by Crippen LogP contribution is -2.06. The van der Waals surface area contributed by atoms with Gasteiger partial charge in [-0.05, 0) is 24.1 Å². The van der Waals surface area contributed by atoms with E-state index in [1.807, 2.05) is 31.2 Å². The molecule has 0 heterocycles. The van der Waals surface area contributed by atoms with Crippen LogP contribution in [0.1, 0.15) is 22.3 Å². The molecule has 0 aliphatic rings. The van der Waals surface area contributed by atoms with Gasteiger partial charge in [0, 0.05) is 22.3 Å². The average Bonchev–Trinajstić information content (AvgIpc) is 2.37. The van der Waals surface area contributed by atoms with Crippen molar-refractivity contribution < 1.29 is 17.4 Å². The highest BCUT2D eigenvalue weighted by Crippen LogP contribution is 2.29. The Morgan fingerprint density at radius 2 is 1.52 bits per heavy atom. The molecule has 0 fully saturated rings. The standard InChI is InChI=1S/C16H15F3OS/c1-12-4-2-5-13(8-12)10-21(20)11-14-6-3-7-15(9-14)16(17,18)19/h2-9H,10-11H2,1H3. The zero-order valence-corrected chi connectivity index (χ0v) is 12.3. The average molecular weight is 312 g/mol. The molecule has 0 aliphatic heterocycles. The lowest BCUT2D eigenvalue weighted by Gasteiger charge is -2.09. The van der Waals surface area contributed by atoms with Crippen LogP contribution in [-0.4, -0.2) is 4.21 Å². The van der Waals surface area contributed by atoms with Crippen molar-refractivity contribution in [2.24, 2.45) is 0 Å². The molecule has 0 bridgehead atoms. The smallest absolute Gasteiger partial charge is 0.259 e. The number of rotatable bonds is 4.